The molecule has 0 aromatic heterocycles. The second kappa shape index (κ2) is 6.50. The van der Waals surface area contributed by atoms with Crippen LogP contribution in [0.4, 0.5) is 0 Å². The molecule has 2 heteroatoms. The highest BCUT2D eigenvalue weighted by Gasteiger charge is 2.37. The van der Waals surface area contributed by atoms with Gasteiger partial charge in [0.05, 0.1) is 0 Å². The molecule has 2 atom stereocenters. The van der Waals surface area contributed by atoms with E-state index in [9.17, 15) is 0 Å². The quantitative estimate of drug-likeness (QED) is 0.909. The van der Waals surface area contributed by atoms with Crippen molar-refractivity contribution >= 4 is 0 Å². The second-order valence-electron chi connectivity index (χ2n) is 7.12. The Bertz CT molecular complexity index is 460. The van der Waals surface area contributed by atoms with Crippen LogP contribution in [0.1, 0.15) is 50.8 Å². The van der Waals surface area contributed by atoms with Crippen LogP contribution in [0.5, 0.6) is 0 Å². The highest BCUT2D eigenvalue weighted by atomic mass is 15.2. The number of hydrogen-bond donors (Lipinski definition) is 1. The third kappa shape index (κ3) is 3.02. The molecule has 3 rings (SSSR count). The molecule has 1 heterocycles. The molecule has 1 aromatic rings. The number of hydrogen-bond acceptors (Lipinski definition) is 2. The van der Waals surface area contributed by atoms with E-state index in [1.54, 1.807) is 5.56 Å². The van der Waals surface area contributed by atoms with Gasteiger partial charge < -0.3 is 5.32 Å². The van der Waals surface area contributed by atoms with E-state index in [1.807, 2.05) is 0 Å². The Kier molecular flexibility index (Phi) is 4.66. The summed E-state index contributed by atoms with van der Waals surface area (Å²) in [5.74, 6) is 1.78. The zero-order valence-corrected chi connectivity index (χ0v) is 13.8. The van der Waals surface area contributed by atoms with E-state index in [-0.39, 0.29) is 0 Å². The minimum absolute atomic E-state index is 0.529. The number of nitrogens with zero attached hydrogens (tertiary/aromatic N) is 1. The Labute approximate surface area is 129 Å². The maximum atomic E-state index is 3.74. The maximum absolute atomic E-state index is 3.74. The van der Waals surface area contributed by atoms with E-state index < -0.39 is 0 Å². The Hall–Kier alpha value is -0.860. The van der Waals surface area contributed by atoms with Crippen LogP contribution in [0.25, 0.3) is 0 Å². The van der Waals surface area contributed by atoms with Crippen molar-refractivity contribution in [2.24, 2.45) is 11.8 Å². The highest BCUT2D eigenvalue weighted by Crippen LogP contribution is 2.36. The van der Waals surface area contributed by atoms with Crippen molar-refractivity contribution in [3.05, 3.63) is 35.4 Å². The van der Waals surface area contributed by atoms with Crippen molar-refractivity contribution in [1.82, 2.24) is 10.2 Å². The molecule has 2 nitrogen and oxygen atoms in total. The molecule has 116 valence electrons. The molecule has 1 aliphatic carbocycles. The Morgan fingerprint density at radius 1 is 1.19 bits per heavy atom. The number of piperidine rings is 1. The van der Waals surface area contributed by atoms with Crippen molar-refractivity contribution in [3.8, 4) is 0 Å². The Morgan fingerprint density at radius 2 is 1.90 bits per heavy atom. The van der Waals surface area contributed by atoms with Gasteiger partial charge in [0.25, 0.3) is 0 Å². The predicted octanol–water partition coefficient (Wildman–Crippen LogP) is 3.63. The van der Waals surface area contributed by atoms with Gasteiger partial charge in [0.2, 0.25) is 0 Å². The van der Waals surface area contributed by atoms with Gasteiger partial charge in [0.15, 0.2) is 0 Å². The van der Waals surface area contributed by atoms with Crippen molar-refractivity contribution in [2.75, 3.05) is 19.6 Å². The number of fused-ring (bicyclic) bond motifs is 1. The fraction of sp³-hybridized carbons (Fsp3) is 0.684. The predicted molar refractivity (Wildman–Crippen MR) is 89.5 cm³/mol. The van der Waals surface area contributed by atoms with Crippen molar-refractivity contribution in [3.63, 3.8) is 0 Å². The SMILES string of the molecule is CCNC1c2ccccc2CC1N1CCC(C(C)C)CC1. The number of nitrogens with one attached hydrogen (secondary N) is 1. The number of likely N-dealkylation sites (tertiary alicyclic amines) is 1. The molecular formula is C19H30N2. The second-order valence-corrected chi connectivity index (χ2v) is 7.12. The van der Waals surface area contributed by atoms with E-state index in [0.717, 1.165) is 18.4 Å². The van der Waals surface area contributed by atoms with Crippen LogP contribution in [0.3, 0.4) is 0 Å². The van der Waals surface area contributed by atoms with Crippen molar-refractivity contribution < 1.29 is 0 Å². The van der Waals surface area contributed by atoms with Gasteiger partial charge in [-0.05, 0) is 61.9 Å². The van der Waals surface area contributed by atoms with Crippen LogP contribution < -0.4 is 5.32 Å². The first-order valence-corrected chi connectivity index (χ1v) is 8.76. The first kappa shape index (κ1) is 15.1. The van der Waals surface area contributed by atoms with Gasteiger partial charge in [0.1, 0.15) is 0 Å². The summed E-state index contributed by atoms with van der Waals surface area (Å²) in [6.07, 6.45) is 3.98. The molecule has 1 aromatic carbocycles. The van der Waals surface area contributed by atoms with Gasteiger partial charge in [-0.2, -0.15) is 0 Å². The highest BCUT2D eigenvalue weighted by molar-refractivity contribution is 5.37. The van der Waals surface area contributed by atoms with Gasteiger partial charge in [0, 0.05) is 12.1 Å². The number of likely N-dealkylation sites (N-methyl/N-ethyl adjacent to an activating group) is 1. The third-order valence-electron chi connectivity index (χ3n) is 5.61. The summed E-state index contributed by atoms with van der Waals surface area (Å²) < 4.78 is 0. The zero-order chi connectivity index (χ0) is 14.8. The third-order valence-corrected chi connectivity index (χ3v) is 5.61. The van der Waals surface area contributed by atoms with E-state index in [1.165, 1.54) is 37.9 Å². The summed E-state index contributed by atoms with van der Waals surface area (Å²) >= 11 is 0. The molecule has 21 heavy (non-hydrogen) atoms. The summed E-state index contributed by atoms with van der Waals surface area (Å²) in [4.78, 5) is 2.76. The number of benzene rings is 1. The maximum Gasteiger partial charge on any atom is 0.0484 e. The summed E-state index contributed by atoms with van der Waals surface area (Å²) in [6, 6.07) is 10.2. The Morgan fingerprint density at radius 3 is 2.57 bits per heavy atom. The van der Waals surface area contributed by atoms with Gasteiger partial charge in [-0.3, -0.25) is 4.90 Å². The molecule has 0 saturated carbocycles. The molecule has 1 saturated heterocycles. The molecule has 1 fully saturated rings. The summed E-state index contributed by atoms with van der Waals surface area (Å²) in [6.45, 7) is 10.6. The summed E-state index contributed by atoms with van der Waals surface area (Å²) in [7, 11) is 0. The van der Waals surface area contributed by atoms with E-state index in [2.05, 4.69) is 55.3 Å². The van der Waals surface area contributed by atoms with Gasteiger partial charge in [-0.25, -0.2) is 0 Å². The topological polar surface area (TPSA) is 15.3 Å². The average Bonchev–Trinajstić information content (AvgIpc) is 2.87. The van der Waals surface area contributed by atoms with E-state index >= 15 is 0 Å². The average molecular weight is 286 g/mol. The fourth-order valence-corrected chi connectivity index (χ4v) is 4.30. The molecule has 1 aliphatic heterocycles. The molecule has 0 amide bonds. The van der Waals surface area contributed by atoms with Crippen LogP contribution in [0.15, 0.2) is 24.3 Å². The molecule has 0 bridgehead atoms. The first-order valence-electron chi connectivity index (χ1n) is 8.76. The van der Waals surface area contributed by atoms with Crippen LogP contribution in [-0.4, -0.2) is 30.6 Å². The lowest BCUT2D eigenvalue weighted by Gasteiger charge is -2.40. The Balaban J connectivity index is 1.71. The molecule has 2 aliphatic rings. The van der Waals surface area contributed by atoms with Crippen LogP contribution >= 0.6 is 0 Å². The van der Waals surface area contributed by atoms with Crippen LogP contribution in [0, 0.1) is 11.8 Å². The first-order chi connectivity index (χ1) is 10.2. The van der Waals surface area contributed by atoms with E-state index in [4.69, 9.17) is 0 Å². The zero-order valence-electron chi connectivity index (χ0n) is 13.8. The lowest BCUT2D eigenvalue weighted by molar-refractivity contribution is 0.0991. The number of rotatable bonds is 4. The van der Waals surface area contributed by atoms with Gasteiger partial charge in [-0.1, -0.05) is 45.0 Å². The van der Waals surface area contributed by atoms with Gasteiger partial charge in [-0.15, -0.1) is 0 Å². The summed E-state index contributed by atoms with van der Waals surface area (Å²) in [5, 5.41) is 3.74. The van der Waals surface area contributed by atoms with E-state index in [0.29, 0.717) is 12.1 Å². The fourth-order valence-electron chi connectivity index (χ4n) is 4.30. The van der Waals surface area contributed by atoms with Crippen molar-refractivity contribution in [1.29, 1.82) is 0 Å². The minimum atomic E-state index is 0.529. The smallest absolute Gasteiger partial charge is 0.0484 e. The standard InChI is InChI=1S/C19H30N2/c1-4-20-19-17-8-6-5-7-16(17)13-18(19)21-11-9-15(10-12-21)14(2)3/h5-8,14-15,18-20H,4,9-13H2,1-3H3. The molecular weight excluding hydrogens is 256 g/mol. The lowest BCUT2D eigenvalue weighted by atomic mass is 9.86. The van der Waals surface area contributed by atoms with Crippen LogP contribution in [0.2, 0.25) is 0 Å². The monoisotopic (exact) mass is 286 g/mol. The molecule has 1 N–H and O–H groups in total. The molecule has 2 unspecified atom stereocenters. The van der Waals surface area contributed by atoms with Crippen LogP contribution in [-0.2, 0) is 6.42 Å². The molecule has 0 radical (unpaired) electrons. The minimum Gasteiger partial charge on any atom is -0.309 e. The lowest BCUT2D eigenvalue weighted by Crippen LogP contribution is -2.47. The normalized spacial score (nSPS) is 27.2. The summed E-state index contributed by atoms with van der Waals surface area (Å²) in [5.41, 5.74) is 3.09. The van der Waals surface area contributed by atoms with Crippen molar-refractivity contribution in [2.45, 2.75) is 52.1 Å². The molecule has 0 spiro atoms. The largest absolute Gasteiger partial charge is 0.309 e. The van der Waals surface area contributed by atoms with Gasteiger partial charge >= 0.3 is 0 Å².